The van der Waals surface area contributed by atoms with Crippen molar-refractivity contribution in [2.24, 2.45) is 0 Å². The molecular weight excluding hydrogens is 412 g/mol. The first-order valence-corrected chi connectivity index (χ1v) is 12.1. The van der Waals surface area contributed by atoms with Gasteiger partial charge in [0.05, 0.1) is 4.90 Å². The third-order valence-electron chi connectivity index (χ3n) is 5.80. The highest BCUT2D eigenvalue weighted by atomic mass is 32.2. The second-order valence-electron chi connectivity index (χ2n) is 7.98. The van der Waals surface area contributed by atoms with Gasteiger partial charge >= 0.3 is 0 Å². The molecule has 0 bridgehead atoms. The molecule has 7 heteroatoms. The standard InChI is InChI=1S/C24H34N2O4S/c1-6-8-24(20(7-2)17-30-18-27)25(5)22-13-15-26(16-14-22)31(28,29)23-11-9-21(10-12-23)19(3)4/h6-12,18-19,22H,1,13-17H2,2-5H3/b20-7-,24-8+. The van der Waals surface area contributed by atoms with E-state index in [9.17, 15) is 13.2 Å². The van der Waals surface area contributed by atoms with Crippen LogP contribution in [-0.2, 0) is 19.6 Å². The Kier molecular flexibility index (Phi) is 9.07. The maximum Gasteiger partial charge on any atom is 0.293 e. The van der Waals surface area contributed by atoms with Crippen LogP contribution in [0.5, 0.6) is 0 Å². The Morgan fingerprint density at radius 3 is 2.35 bits per heavy atom. The average molecular weight is 447 g/mol. The zero-order valence-corrected chi connectivity index (χ0v) is 19.8. The number of sulfonamides is 1. The van der Waals surface area contributed by atoms with Crippen molar-refractivity contribution in [2.45, 2.75) is 50.5 Å². The molecule has 1 fully saturated rings. The van der Waals surface area contributed by atoms with Crippen molar-refractivity contribution in [1.82, 2.24) is 9.21 Å². The molecule has 2 rings (SSSR count). The van der Waals surface area contributed by atoms with Gasteiger partial charge in [-0.2, -0.15) is 4.31 Å². The zero-order chi connectivity index (χ0) is 23.0. The maximum absolute atomic E-state index is 13.1. The van der Waals surface area contributed by atoms with Gasteiger partial charge in [0, 0.05) is 37.4 Å². The molecule has 1 aliphatic heterocycles. The summed E-state index contributed by atoms with van der Waals surface area (Å²) in [5.74, 6) is 0.361. The first kappa shape index (κ1) is 24.9. The van der Waals surface area contributed by atoms with Crippen LogP contribution in [0, 0.1) is 0 Å². The van der Waals surface area contributed by atoms with Crippen molar-refractivity contribution >= 4 is 16.5 Å². The number of ether oxygens (including phenoxy) is 1. The molecule has 0 amide bonds. The molecule has 31 heavy (non-hydrogen) atoms. The lowest BCUT2D eigenvalue weighted by molar-refractivity contribution is -0.127. The molecule has 1 saturated heterocycles. The first-order chi connectivity index (χ1) is 14.8. The number of piperidine rings is 1. The summed E-state index contributed by atoms with van der Waals surface area (Å²) >= 11 is 0. The van der Waals surface area contributed by atoms with E-state index in [-0.39, 0.29) is 12.6 Å². The summed E-state index contributed by atoms with van der Waals surface area (Å²) in [4.78, 5) is 13.1. The van der Waals surface area contributed by atoms with E-state index < -0.39 is 10.0 Å². The zero-order valence-electron chi connectivity index (χ0n) is 19.0. The van der Waals surface area contributed by atoms with Crippen molar-refractivity contribution in [3.63, 3.8) is 0 Å². The fourth-order valence-electron chi connectivity index (χ4n) is 3.83. The van der Waals surface area contributed by atoms with Crippen molar-refractivity contribution in [3.8, 4) is 0 Å². The summed E-state index contributed by atoms with van der Waals surface area (Å²) in [6.07, 6.45) is 6.93. The van der Waals surface area contributed by atoms with Crippen LogP contribution in [-0.4, -0.2) is 56.9 Å². The van der Waals surface area contributed by atoms with Gasteiger partial charge in [-0.25, -0.2) is 8.42 Å². The van der Waals surface area contributed by atoms with Gasteiger partial charge in [-0.05, 0) is 49.5 Å². The molecule has 0 radical (unpaired) electrons. The smallest absolute Gasteiger partial charge is 0.293 e. The highest BCUT2D eigenvalue weighted by Gasteiger charge is 2.31. The fourth-order valence-corrected chi connectivity index (χ4v) is 5.30. The third-order valence-corrected chi connectivity index (χ3v) is 7.71. The number of carbonyl (C=O) groups is 1. The van der Waals surface area contributed by atoms with Gasteiger partial charge in [-0.1, -0.05) is 44.7 Å². The predicted molar refractivity (Wildman–Crippen MR) is 124 cm³/mol. The monoisotopic (exact) mass is 446 g/mol. The minimum absolute atomic E-state index is 0.173. The highest BCUT2D eigenvalue weighted by molar-refractivity contribution is 7.89. The molecule has 1 heterocycles. The molecule has 170 valence electrons. The second-order valence-corrected chi connectivity index (χ2v) is 9.92. The molecule has 0 saturated carbocycles. The summed E-state index contributed by atoms with van der Waals surface area (Å²) in [5, 5.41) is 0. The van der Waals surface area contributed by atoms with E-state index in [0.717, 1.165) is 16.8 Å². The minimum atomic E-state index is -3.50. The van der Waals surface area contributed by atoms with Crippen LogP contribution in [0.4, 0.5) is 0 Å². The Labute approximate surface area is 186 Å². The Morgan fingerprint density at radius 1 is 1.26 bits per heavy atom. The van der Waals surface area contributed by atoms with Gasteiger partial charge in [-0.15, -0.1) is 0 Å². The van der Waals surface area contributed by atoms with Gasteiger partial charge in [0.15, 0.2) is 0 Å². The first-order valence-electron chi connectivity index (χ1n) is 10.6. The van der Waals surface area contributed by atoms with Gasteiger partial charge < -0.3 is 9.64 Å². The van der Waals surface area contributed by atoms with E-state index in [1.807, 2.05) is 38.3 Å². The summed E-state index contributed by atoms with van der Waals surface area (Å²) in [5.41, 5.74) is 2.93. The Bertz CT molecular complexity index is 909. The molecule has 1 aliphatic rings. The lowest BCUT2D eigenvalue weighted by atomic mass is 10.0. The third kappa shape index (κ3) is 6.08. The predicted octanol–water partition coefficient (Wildman–Crippen LogP) is 4.08. The SMILES string of the molecule is C=C/C=C(\C(=C/C)COC=O)N(C)C1CCN(S(=O)(=O)c2ccc(C(C)C)cc2)CC1. The molecule has 1 aromatic rings. The van der Waals surface area contributed by atoms with Crippen LogP contribution in [0.2, 0.25) is 0 Å². The van der Waals surface area contributed by atoms with Gasteiger partial charge in [0.1, 0.15) is 6.61 Å². The normalized spacial score (nSPS) is 16.9. The lowest BCUT2D eigenvalue weighted by Gasteiger charge is -2.38. The van der Waals surface area contributed by atoms with E-state index in [0.29, 0.717) is 43.2 Å². The summed E-state index contributed by atoms with van der Waals surface area (Å²) in [6.45, 7) is 11.4. The second kappa shape index (κ2) is 11.3. The van der Waals surface area contributed by atoms with Crippen molar-refractivity contribution in [1.29, 1.82) is 0 Å². The van der Waals surface area contributed by atoms with Crippen molar-refractivity contribution in [3.05, 3.63) is 65.9 Å². The number of nitrogens with zero attached hydrogens (tertiary/aromatic N) is 2. The van der Waals surface area contributed by atoms with Crippen LogP contribution >= 0.6 is 0 Å². The largest absolute Gasteiger partial charge is 0.463 e. The molecular formula is C24H34N2O4S. The van der Waals surface area contributed by atoms with Crippen molar-refractivity contribution < 1.29 is 17.9 Å². The lowest BCUT2D eigenvalue weighted by Crippen LogP contribution is -2.45. The highest BCUT2D eigenvalue weighted by Crippen LogP contribution is 2.27. The molecule has 0 N–H and O–H groups in total. The Morgan fingerprint density at radius 2 is 1.87 bits per heavy atom. The summed E-state index contributed by atoms with van der Waals surface area (Å²) in [6, 6.07) is 7.37. The van der Waals surface area contributed by atoms with Crippen molar-refractivity contribution in [2.75, 3.05) is 26.7 Å². The van der Waals surface area contributed by atoms with Crippen LogP contribution in [0.1, 0.15) is 45.1 Å². The number of carbonyl (C=O) groups excluding carboxylic acids is 1. The van der Waals surface area contributed by atoms with Crippen LogP contribution < -0.4 is 0 Å². The Balaban J connectivity index is 2.10. The van der Waals surface area contributed by atoms with E-state index in [4.69, 9.17) is 4.74 Å². The molecule has 0 aromatic heterocycles. The van der Waals surface area contributed by atoms with E-state index >= 15 is 0 Å². The molecule has 0 spiro atoms. The average Bonchev–Trinajstić information content (AvgIpc) is 2.78. The van der Waals surface area contributed by atoms with Gasteiger partial charge in [-0.3, -0.25) is 4.79 Å². The Hall–Kier alpha value is -2.38. The fraction of sp³-hybridized carbons (Fsp3) is 0.458. The molecule has 0 atom stereocenters. The van der Waals surface area contributed by atoms with Gasteiger partial charge in [0.25, 0.3) is 6.47 Å². The van der Waals surface area contributed by atoms with E-state index in [1.54, 1.807) is 22.5 Å². The summed E-state index contributed by atoms with van der Waals surface area (Å²) < 4.78 is 32.7. The number of hydrogen-bond donors (Lipinski definition) is 0. The molecule has 6 nitrogen and oxygen atoms in total. The number of benzene rings is 1. The van der Waals surface area contributed by atoms with Crippen LogP contribution in [0.25, 0.3) is 0 Å². The van der Waals surface area contributed by atoms with E-state index in [2.05, 4.69) is 25.3 Å². The van der Waals surface area contributed by atoms with Crippen LogP contribution in [0.15, 0.2) is 65.2 Å². The molecule has 1 aromatic carbocycles. The van der Waals surface area contributed by atoms with Crippen LogP contribution in [0.3, 0.4) is 0 Å². The maximum atomic E-state index is 13.1. The minimum Gasteiger partial charge on any atom is -0.463 e. The number of rotatable bonds is 10. The molecule has 0 aliphatic carbocycles. The number of hydrogen-bond acceptors (Lipinski definition) is 5. The molecule has 0 unspecified atom stereocenters. The van der Waals surface area contributed by atoms with Gasteiger partial charge in [0.2, 0.25) is 10.0 Å². The number of allylic oxidation sites excluding steroid dienone is 3. The number of likely N-dealkylation sites (N-methyl/N-ethyl adjacent to an activating group) is 1. The topological polar surface area (TPSA) is 66.9 Å². The summed E-state index contributed by atoms with van der Waals surface area (Å²) in [7, 11) is -1.52. The quantitative estimate of drug-likeness (QED) is 0.400. The van der Waals surface area contributed by atoms with E-state index in [1.165, 1.54) is 0 Å².